The van der Waals surface area contributed by atoms with Gasteiger partial charge in [0.25, 0.3) is 0 Å². The molecule has 0 amide bonds. The van der Waals surface area contributed by atoms with Gasteiger partial charge in [-0.25, -0.2) is 0 Å². The van der Waals surface area contributed by atoms with Gasteiger partial charge in [0.05, 0.1) is 12.7 Å². The highest BCUT2D eigenvalue weighted by molar-refractivity contribution is 5.33. The Morgan fingerprint density at radius 3 is 2.44 bits per heavy atom. The summed E-state index contributed by atoms with van der Waals surface area (Å²) < 4.78 is 5.35. The summed E-state index contributed by atoms with van der Waals surface area (Å²) in [4.78, 5) is 0. The summed E-state index contributed by atoms with van der Waals surface area (Å²) >= 11 is 0. The number of aliphatic hydroxyl groups is 1. The fourth-order valence-electron chi connectivity index (χ4n) is 1.83. The van der Waals surface area contributed by atoms with Gasteiger partial charge in [-0.1, -0.05) is 25.1 Å². The molecular formula is C14H22O2. The summed E-state index contributed by atoms with van der Waals surface area (Å²) in [7, 11) is 0. The van der Waals surface area contributed by atoms with Crippen molar-refractivity contribution in [3.8, 4) is 0 Å². The van der Waals surface area contributed by atoms with E-state index in [4.69, 9.17) is 4.74 Å². The third kappa shape index (κ3) is 3.95. The summed E-state index contributed by atoms with van der Waals surface area (Å²) in [6, 6.07) is 6.22. The maximum Gasteiger partial charge on any atom is 0.0814 e. The minimum atomic E-state index is -0.397. The first-order chi connectivity index (χ1) is 7.65. The molecular weight excluding hydrogens is 200 g/mol. The first-order valence-electron chi connectivity index (χ1n) is 5.96. The van der Waals surface area contributed by atoms with E-state index in [0.717, 1.165) is 13.0 Å². The summed E-state index contributed by atoms with van der Waals surface area (Å²) in [5.41, 5.74) is 3.74. The van der Waals surface area contributed by atoms with E-state index < -0.39 is 6.10 Å². The predicted octanol–water partition coefficient (Wildman–Crippen LogP) is 2.63. The van der Waals surface area contributed by atoms with E-state index in [1.165, 1.54) is 16.7 Å². The van der Waals surface area contributed by atoms with E-state index in [1.807, 2.05) is 6.07 Å². The van der Waals surface area contributed by atoms with Crippen molar-refractivity contribution >= 4 is 0 Å². The number of ether oxygens (including phenoxy) is 1. The van der Waals surface area contributed by atoms with Gasteiger partial charge in [-0.2, -0.15) is 0 Å². The Hall–Kier alpha value is -0.860. The summed E-state index contributed by atoms with van der Waals surface area (Å²) in [6.45, 7) is 7.40. The zero-order chi connectivity index (χ0) is 12.0. The fourth-order valence-corrected chi connectivity index (χ4v) is 1.83. The van der Waals surface area contributed by atoms with Crippen LogP contribution >= 0.6 is 0 Å². The van der Waals surface area contributed by atoms with Gasteiger partial charge in [0.15, 0.2) is 0 Å². The summed E-state index contributed by atoms with van der Waals surface area (Å²) in [6.07, 6.45) is 1.28. The molecule has 0 bridgehead atoms. The lowest BCUT2D eigenvalue weighted by atomic mass is 9.98. The first-order valence-corrected chi connectivity index (χ1v) is 5.96. The lowest BCUT2D eigenvalue weighted by Crippen LogP contribution is -2.19. The zero-order valence-corrected chi connectivity index (χ0v) is 10.5. The Bertz CT molecular complexity index is 300. The van der Waals surface area contributed by atoms with Crippen molar-refractivity contribution in [2.45, 2.75) is 39.7 Å². The van der Waals surface area contributed by atoms with Crippen molar-refractivity contribution in [1.82, 2.24) is 0 Å². The number of rotatable bonds is 6. The largest absolute Gasteiger partial charge is 0.390 e. The molecule has 1 aromatic rings. The van der Waals surface area contributed by atoms with Crippen LogP contribution in [-0.4, -0.2) is 24.4 Å². The molecule has 0 aliphatic heterocycles. The van der Waals surface area contributed by atoms with Gasteiger partial charge in [-0.05, 0) is 37.0 Å². The number of aryl methyl sites for hydroxylation is 2. The van der Waals surface area contributed by atoms with Crippen molar-refractivity contribution in [1.29, 1.82) is 0 Å². The van der Waals surface area contributed by atoms with Crippen molar-refractivity contribution in [3.05, 3.63) is 34.9 Å². The molecule has 0 saturated carbocycles. The standard InChI is InChI=1S/C14H22O2/c1-4-8-16-10-13(15)9-14-11(2)6-5-7-12(14)3/h5-7,13,15H,4,8-10H2,1-3H3. The van der Waals surface area contributed by atoms with Crippen LogP contribution < -0.4 is 0 Å². The van der Waals surface area contributed by atoms with Crippen LogP contribution in [-0.2, 0) is 11.2 Å². The van der Waals surface area contributed by atoms with Gasteiger partial charge < -0.3 is 9.84 Å². The average molecular weight is 222 g/mol. The van der Waals surface area contributed by atoms with Crippen LogP contribution in [0.4, 0.5) is 0 Å². The molecule has 1 unspecified atom stereocenters. The molecule has 1 rings (SSSR count). The molecule has 0 fully saturated rings. The highest BCUT2D eigenvalue weighted by atomic mass is 16.5. The van der Waals surface area contributed by atoms with Gasteiger partial charge in [0.1, 0.15) is 0 Å². The van der Waals surface area contributed by atoms with Gasteiger partial charge in [0.2, 0.25) is 0 Å². The Morgan fingerprint density at radius 2 is 1.88 bits per heavy atom. The van der Waals surface area contributed by atoms with Crippen molar-refractivity contribution in [2.24, 2.45) is 0 Å². The van der Waals surface area contributed by atoms with Crippen LogP contribution in [0, 0.1) is 13.8 Å². The monoisotopic (exact) mass is 222 g/mol. The van der Waals surface area contributed by atoms with Crippen molar-refractivity contribution < 1.29 is 9.84 Å². The second-order valence-corrected chi connectivity index (χ2v) is 4.30. The van der Waals surface area contributed by atoms with Crippen LogP contribution in [0.2, 0.25) is 0 Å². The van der Waals surface area contributed by atoms with Crippen LogP contribution in [0.5, 0.6) is 0 Å². The molecule has 1 aromatic carbocycles. The minimum Gasteiger partial charge on any atom is -0.390 e. The molecule has 16 heavy (non-hydrogen) atoms. The lowest BCUT2D eigenvalue weighted by Gasteiger charge is -2.14. The smallest absolute Gasteiger partial charge is 0.0814 e. The molecule has 90 valence electrons. The normalized spacial score (nSPS) is 12.8. The second kappa shape index (κ2) is 6.66. The fraction of sp³-hybridized carbons (Fsp3) is 0.571. The maximum absolute atomic E-state index is 9.85. The van der Waals surface area contributed by atoms with Crippen LogP contribution in [0.3, 0.4) is 0 Å². The maximum atomic E-state index is 9.85. The van der Waals surface area contributed by atoms with Crippen molar-refractivity contribution in [3.63, 3.8) is 0 Å². The Kier molecular flexibility index (Phi) is 5.50. The highest BCUT2D eigenvalue weighted by Gasteiger charge is 2.09. The van der Waals surface area contributed by atoms with Gasteiger partial charge in [0, 0.05) is 13.0 Å². The predicted molar refractivity (Wildman–Crippen MR) is 66.7 cm³/mol. The Labute approximate surface area is 98.3 Å². The van der Waals surface area contributed by atoms with E-state index >= 15 is 0 Å². The molecule has 1 N–H and O–H groups in total. The van der Waals surface area contributed by atoms with E-state index in [2.05, 4.69) is 32.9 Å². The van der Waals surface area contributed by atoms with Gasteiger partial charge in [-0.3, -0.25) is 0 Å². The van der Waals surface area contributed by atoms with Crippen LogP contribution in [0.1, 0.15) is 30.0 Å². The minimum absolute atomic E-state index is 0.397. The number of benzene rings is 1. The Balaban J connectivity index is 2.52. The number of hydrogen-bond donors (Lipinski definition) is 1. The van der Waals surface area contributed by atoms with E-state index in [-0.39, 0.29) is 0 Å². The Morgan fingerprint density at radius 1 is 1.25 bits per heavy atom. The molecule has 2 heteroatoms. The third-order valence-electron chi connectivity index (χ3n) is 2.74. The van der Waals surface area contributed by atoms with Crippen LogP contribution in [0.25, 0.3) is 0 Å². The van der Waals surface area contributed by atoms with Crippen LogP contribution in [0.15, 0.2) is 18.2 Å². The average Bonchev–Trinajstić information content (AvgIpc) is 2.24. The molecule has 0 heterocycles. The van der Waals surface area contributed by atoms with E-state index in [1.54, 1.807) is 0 Å². The molecule has 0 aliphatic rings. The topological polar surface area (TPSA) is 29.5 Å². The molecule has 0 saturated heterocycles. The molecule has 0 spiro atoms. The molecule has 1 atom stereocenters. The lowest BCUT2D eigenvalue weighted by molar-refractivity contribution is 0.0373. The highest BCUT2D eigenvalue weighted by Crippen LogP contribution is 2.15. The summed E-state index contributed by atoms with van der Waals surface area (Å²) in [5, 5.41) is 9.85. The molecule has 0 aliphatic carbocycles. The van der Waals surface area contributed by atoms with E-state index in [9.17, 15) is 5.11 Å². The number of aliphatic hydroxyl groups excluding tert-OH is 1. The summed E-state index contributed by atoms with van der Waals surface area (Å²) in [5.74, 6) is 0. The quantitative estimate of drug-likeness (QED) is 0.750. The van der Waals surface area contributed by atoms with Gasteiger partial charge >= 0.3 is 0 Å². The van der Waals surface area contributed by atoms with E-state index in [0.29, 0.717) is 13.0 Å². The zero-order valence-electron chi connectivity index (χ0n) is 10.5. The molecule has 2 nitrogen and oxygen atoms in total. The second-order valence-electron chi connectivity index (χ2n) is 4.30. The third-order valence-corrected chi connectivity index (χ3v) is 2.74. The number of hydrogen-bond acceptors (Lipinski definition) is 2. The van der Waals surface area contributed by atoms with Gasteiger partial charge in [-0.15, -0.1) is 0 Å². The molecule has 0 aromatic heterocycles. The SMILES string of the molecule is CCCOCC(O)Cc1c(C)cccc1C. The molecule has 0 radical (unpaired) electrons. The first kappa shape index (κ1) is 13.2. The van der Waals surface area contributed by atoms with Crippen molar-refractivity contribution in [2.75, 3.05) is 13.2 Å².